The number of cyclic esters (lactones) is 1. The van der Waals surface area contributed by atoms with Crippen molar-refractivity contribution in [2.24, 2.45) is 11.8 Å². The van der Waals surface area contributed by atoms with E-state index in [2.05, 4.69) is 17.2 Å². The van der Waals surface area contributed by atoms with Crippen molar-refractivity contribution >= 4 is 29.8 Å². The van der Waals surface area contributed by atoms with Gasteiger partial charge in [-0.3, -0.25) is 19.2 Å². The lowest BCUT2D eigenvalue weighted by molar-refractivity contribution is -0.149. The van der Waals surface area contributed by atoms with Gasteiger partial charge in [-0.15, -0.1) is 0 Å². The second-order valence-corrected chi connectivity index (χ2v) is 9.66. The SMILES string of the molecule is C=C1CC(=O)N[C@@H](C)C(=O)N(C)[C@@H](C(C)C)C(=O)NCC(=O)O[C@@H](/C(C)=C/c2ccc(O)cc2)[C@@H]1C. The number of amides is 3. The Morgan fingerprint density at radius 1 is 1.17 bits per heavy atom. The molecule has 0 bridgehead atoms. The number of hydrogen-bond acceptors (Lipinski definition) is 6. The van der Waals surface area contributed by atoms with Crippen molar-refractivity contribution in [2.45, 2.75) is 59.2 Å². The smallest absolute Gasteiger partial charge is 0.326 e. The molecule has 3 N–H and O–H groups in total. The maximum atomic E-state index is 12.9. The van der Waals surface area contributed by atoms with Gasteiger partial charge in [-0.25, -0.2) is 0 Å². The van der Waals surface area contributed by atoms with Gasteiger partial charge in [0.05, 0.1) is 0 Å². The molecule has 9 heteroatoms. The molecule has 0 radical (unpaired) electrons. The highest BCUT2D eigenvalue weighted by atomic mass is 16.5. The molecule has 9 nitrogen and oxygen atoms in total. The molecule has 0 saturated carbocycles. The van der Waals surface area contributed by atoms with Crippen molar-refractivity contribution in [3.8, 4) is 5.75 Å². The van der Waals surface area contributed by atoms with Crippen LogP contribution in [0.4, 0.5) is 0 Å². The summed E-state index contributed by atoms with van der Waals surface area (Å²) in [5, 5.41) is 14.8. The Hall–Kier alpha value is -3.62. The van der Waals surface area contributed by atoms with E-state index in [1.165, 1.54) is 11.9 Å². The molecule has 1 aliphatic heterocycles. The highest BCUT2D eigenvalue weighted by molar-refractivity contribution is 5.93. The van der Waals surface area contributed by atoms with Crippen LogP contribution >= 0.6 is 0 Å². The number of nitrogens with one attached hydrogen (secondary N) is 2. The average molecular weight is 500 g/mol. The molecule has 1 heterocycles. The van der Waals surface area contributed by atoms with Crippen LogP contribution in [0.3, 0.4) is 0 Å². The Kier molecular flexibility index (Phi) is 9.84. The Morgan fingerprint density at radius 2 is 1.78 bits per heavy atom. The molecule has 0 spiro atoms. The minimum atomic E-state index is -0.852. The molecule has 1 aromatic carbocycles. The fraction of sp³-hybridized carbons (Fsp3) is 0.481. The average Bonchev–Trinajstić information content (AvgIpc) is 2.80. The maximum absolute atomic E-state index is 12.9. The zero-order valence-corrected chi connectivity index (χ0v) is 21.8. The van der Waals surface area contributed by atoms with Crippen LogP contribution in [-0.4, -0.2) is 65.5 Å². The van der Waals surface area contributed by atoms with E-state index in [9.17, 15) is 24.3 Å². The van der Waals surface area contributed by atoms with E-state index in [-0.39, 0.29) is 24.6 Å². The number of rotatable bonds is 3. The lowest BCUT2D eigenvalue weighted by atomic mass is 9.89. The minimum absolute atomic E-state index is 0.0617. The third kappa shape index (κ3) is 7.44. The van der Waals surface area contributed by atoms with Crippen LogP contribution in [0.2, 0.25) is 0 Å². The van der Waals surface area contributed by atoms with Gasteiger partial charge in [0.2, 0.25) is 17.7 Å². The number of phenolic OH excluding ortho intramolecular Hbond substituents is 1. The number of aromatic hydroxyl groups is 1. The summed E-state index contributed by atoms with van der Waals surface area (Å²) in [6.07, 6.45) is 1.00. The van der Waals surface area contributed by atoms with Crippen molar-refractivity contribution in [1.82, 2.24) is 15.5 Å². The molecule has 2 rings (SSSR count). The lowest BCUT2D eigenvalue weighted by Crippen LogP contribution is -2.55. The molecular weight excluding hydrogens is 462 g/mol. The first-order valence-electron chi connectivity index (χ1n) is 12.0. The molecule has 0 aliphatic carbocycles. The number of phenols is 1. The predicted molar refractivity (Wildman–Crippen MR) is 137 cm³/mol. The molecule has 3 amide bonds. The van der Waals surface area contributed by atoms with Crippen LogP contribution in [0.1, 0.15) is 46.6 Å². The van der Waals surface area contributed by atoms with E-state index in [4.69, 9.17) is 4.74 Å². The van der Waals surface area contributed by atoms with Gasteiger partial charge in [0.15, 0.2) is 0 Å². The van der Waals surface area contributed by atoms with E-state index in [1.54, 1.807) is 58.9 Å². The molecule has 0 aromatic heterocycles. The minimum Gasteiger partial charge on any atom is -0.508 e. The first kappa shape index (κ1) is 28.6. The highest BCUT2D eigenvalue weighted by Crippen LogP contribution is 2.27. The quantitative estimate of drug-likeness (QED) is 0.433. The summed E-state index contributed by atoms with van der Waals surface area (Å²) in [6.45, 7) is 12.4. The molecule has 1 saturated heterocycles. The first-order valence-corrected chi connectivity index (χ1v) is 12.0. The van der Waals surface area contributed by atoms with E-state index < -0.39 is 47.8 Å². The monoisotopic (exact) mass is 499 g/mol. The van der Waals surface area contributed by atoms with Crippen LogP contribution < -0.4 is 10.6 Å². The Labute approximate surface area is 212 Å². The van der Waals surface area contributed by atoms with Gasteiger partial charge in [0.25, 0.3) is 0 Å². The second kappa shape index (κ2) is 12.4. The molecule has 1 fully saturated rings. The molecule has 1 aromatic rings. The Balaban J connectivity index is 2.41. The molecule has 0 unspecified atom stereocenters. The number of hydrogen-bond donors (Lipinski definition) is 3. The van der Waals surface area contributed by atoms with Gasteiger partial charge in [-0.1, -0.05) is 51.1 Å². The number of carbonyl (C=O) groups excluding carboxylic acids is 4. The summed E-state index contributed by atoms with van der Waals surface area (Å²) in [4.78, 5) is 52.6. The second-order valence-electron chi connectivity index (χ2n) is 9.66. The van der Waals surface area contributed by atoms with Crippen molar-refractivity contribution < 1.29 is 29.0 Å². The number of carbonyl (C=O) groups is 4. The zero-order valence-electron chi connectivity index (χ0n) is 21.8. The van der Waals surface area contributed by atoms with Gasteiger partial charge in [-0.2, -0.15) is 0 Å². The standard InChI is InChI=1S/C27H37N3O6/c1-15(2)24-26(34)28-14-23(33)36-25(17(4)12-20-8-10-21(31)11-9-20)18(5)16(3)13-22(32)29-19(6)27(35)30(24)7/h8-12,15,18-19,24-25,31H,3,13-14H2,1-2,4-7H3,(H,28,34)(H,29,32)/b17-12+/t18-,19+,24+,25+/m1/s1. The predicted octanol–water partition coefficient (Wildman–Crippen LogP) is 2.41. The van der Waals surface area contributed by atoms with Crippen molar-refractivity contribution in [3.05, 3.63) is 47.6 Å². The van der Waals surface area contributed by atoms with Crippen LogP contribution in [0, 0.1) is 11.8 Å². The number of likely N-dealkylation sites (N-methyl/N-ethyl adjacent to an activating group) is 1. The number of benzene rings is 1. The van der Waals surface area contributed by atoms with Crippen molar-refractivity contribution in [2.75, 3.05) is 13.6 Å². The first-order chi connectivity index (χ1) is 16.8. The van der Waals surface area contributed by atoms with Crippen molar-refractivity contribution in [1.29, 1.82) is 0 Å². The zero-order chi connectivity index (χ0) is 27.2. The van der Waals surface area contributed by atoms with Crippen LogP contribution in [-0.2, 0) is 23.9 Å². The lowest BCUT2D eigenvalue weighted by Gasteiger charge is -2.32. The van der Waals surface area contributed by atoms with Gasteiger partial charge in [0.1, 0.15) is 30.5 Å². The summed E-state index contributed by atoms with van der Waals surface area (Å²) in [5.74, 6) is -2.51. The Bertz CT molecular complexity index is 1030. The highest BCUT2D eigenvalue weighted by Gasteiger charge is 2.34. The number of esters is 1. The van der Waals surface area contributed by atoms with E-state index in [1.807, 2.05) is 6.08 Å². The molecular formula is C27H37N3O6. The van der Waals surface area contributed by atoms with Gasteiger partial charge in [0, 0.05) is 19.4 Å². The van der Waals surface area contributed by atoms with E-state index in [0.717, 1.165) is 5.56 Å². The van der Waals surface area contributed by atoms with E-state index in [0.29, 0.717) is 11.1 Å². The van der Waals surface area contributed by atoms with Gasteiger partial charge >= 0.3 is 5.97 Å². The fourth-order valence-electron chi connectivity index (χ4n) is 4.26. The Morgan fingerprint density at radius 3 is 2.36 bits per heavy atom. The number of ether oxygens (including phenoxy) is 1. The summed E-state index contributed by atoms with van der Waals surface area (Å²) in [6, 6.07) is 4.86. The summed E-state index contributed by atoms with van der Waals surface area (Å²) in [5.41, 5.74) is 2.01. The van der Waals surface area contributed by atoms with Gasteiger partial charge < -0.3 is 25.4 Å². The third-order valence-corrected chi connectivity index (χ3v) is 6.30. The summed E-state index contributed by atoms with van der Waals surface area (Å²) >= 11 is 0. The molecule has 4 atom stereocenters. The third-order valence-electron chi connectivity index (χ3n) is 6.30. The van der Waals surface area contributed by atoms with Gasteiger partial charge in [-0.05, 0) is 43.0 Å². The maximum Gasteiger partial charge on any atom is 0.326 e. The molecule has 196 valence electrons. The normalized spacial score (nSPS) is 25.6. The molecule has 36 heavy (non-hydrogen) atoms. The van der Waals surface area contributed by atoms with E-state index >= 15 is 0 Å². The largest absolute Gasteiger partial charge is 0.508 e. The fourth-order valence-corrected chi connectivity index (χ4v) is 4.26. The summed E-state index contributed by atoms with van der Waals surface area (Å²) in [7, 11) is 1.50. The van der Waals surface area contributed by atoms with Crippen LogP contribution in [0.15, 0.2) is 42.0 Å². The van der Waals surface area contributed by atoms with Crippen molar-refractivity contribution in [3.63, 3.8) is 0 Å². The summed E-state index contributed by atoms with van der Waals surface area (Å²) < 4.78 is 5.77. The van der Waals surface area contributed by atoms with Crippen LogP contribution in [0.5, 0.6) is 5.75 Å². The topological polar surface area (TPSA) is 125 Å². The molecule has 1 aliphatic rings. The number of nitrogens with zero attached hydrogens (tertiary/aromatic N) is 1. The van der Waals surface area contributed by atoms with Crippen LogP contribution in [0.25, 0.3) is 6.08 Å².